The monoisotopic (exact) mass is 580 g/mol. The number of aliphatic hydroxyl groups is 1. The van der Waals surface area contributed by atoms with Crippen LogP contribution < -0.4 is 14.8 Å². The van der Waals surface area contributed by atoms with E-state index in [0.29, 0.717) is 22.7 Å². The number of halogens is 5. The number of aromatic nitrogens is 1. The molecule has 0 aliphatic heterocycles. The van der Waals surface area contributed by atoms with Crippen molar-refractivity contribution in [2.75, 3.05) is 24.7 Å². The highest BCUT2D eigenvalue weighted by Crippen LogP contribution is 2.35. The number of alkyl halides is 4. The van der Waals surface area contributed by atoms with Crippen molar-refractivity contribution in [1.29, 1.82) is 0 Å². The van der Waals surface area contributed by atoms with Crippen molar-refractivity contribution in [2.45, 2.75) is 13.3 Å². The van der Waals surface area contributed by atoms with Crippen molar-refractivity contribution in [3.8, 4) is 22.6 Å². The van der Waals surface area contributed by atoms with E-state index in [2.05, 4.69) is 44.6 Å². The summed E-state index contributed by atoms with van der Waals surface area (Å²) in [4.78, 5) is 16.3. The van der Waals surface area contributed by atoms with E-state index >= 15 is 0 Å². The fraction of sp³-hybridized carbons (Fsp3) is 0.273. The van der Waals surface area contributed by atoms with Crippen LogP contribution in [-0.4, -0.2) is 47.0 Å². The second kappa shape index (κ2) is 12.0. The summed E-state index contributed by atoms with van der Waals surface area (Å²) in [5, 5.41) is 11.8. The van der Waals surface area contributed by atoms with Crippen LogP contribution in [0.4, 0.5) is 17.6 Å². The molecule has 11 heteroatoms. The van der Waals surface area contributed by atoms with Crippen molar-refractivity contribution >= 4 is 39.4 Å². The van der Waals surface area contributed by atoms with Crippen LogP contribution >= 0.6 is 22.6 Å². The number of ether oxygens (including phenoxy) is 2. The zero-order valence-corrected chi connectivity index (χ0v) is 19.8. The number of hydrogen-bond acceptors (Lipinski definition) is 5. The standard InChI is InChI=1S/C20H16F4N2O4.C2H5I/c1-29-14-7-11-6-12(19(28)25-4-5-27)10-26-18(11)16(8-14)15-3-2-13(9-17(15)21)30-20(22,23)24;1-2-3/h2-3,6-10,27H,4-5H2,1H3,(H,25,28);2H2,1H3. The molecule has 6 nitrogen and oxygen atoms in total. The summed E-state index contributed by atoms with van der Waals surface area (Å²) in [6.07, 6.45) is -3.66. The van der Waals surface area contributed by atoms with E-state index in [1.807, 2.05) is 0 Å². The molecule has 0 fully saturated rings. The van der Waals surface area contributed by atoms with Gasteiger partial charge in [0.1, 0.15) is 17.3 Å². The fourth-order valence-corrected chi connectivity index (χ4v) is 2.85. The third kappa shape index (κ3) is 7.42. The molecule has 3 aromatic rings. The maximum Gasteiger partial charge on any atom is 0.573 e. The predicted molar refractivity (Wildman–Crippen MR) is 124 cm³/mol. The molecule has 0 radical (unpaired) electrons. The average molecular weight is 580 g/mol. The van der Waals surface area contributed by atoms with E-state index in [4.69, 9.17) is 9.84 Å². The van der Waals surface area contributed by atoms with Crippen molar-refractivity contribution in [3.05, 3.63) is 54.0 Å². The number of nitrogens with one attached hydrogen (secondary N) is 1. The molecule has 0 aliphatic rings. The van der Waals surface area contributed by atoms with Crippen molar-refractivity contribution < 1.29 is 36.9 Å². The highest BCUT2D eigenvalue weighted by molar-refractivity contribution is 14.1. The molecule has 178 valence electrons. The van der Waals surface area contributed by atoms with Crippen LogP contribution in [0.25, 0.3) is 22.0 Å². The molecule has 1 heterocycles. The summed E-state index contributed by atoms with van der Waals surface area (Å²) in [6.45, 7) is 1.95. The van der Waals surface area contributed by atoms with Gasteiger partial charge >= 0.3 is 6.36 Å². The molecule has 33 heavy (non-hydrogen) atoms. The Morgan fingerprint density at radius 3 is 2.42 bits per heavy atom. The first kappa shape index (κ1) is 26.6. The van der Waals surface area contributed by atoms with Crippen LogP contribution in [0.1, 0.15) is 17.3 Å². The van der Waals surface area contributed by atoms with E-state index in [1.54, 1.807) is 6.07 Å². The molecule has 0 unspecified atom stereocenters. The van der Waals surface area contributed by atoms with Crippen LogP contribution in [-0.2, 0) is 0 Å². The highest BCUT2D eigenvalue weighted by Gasteiger charge is 2.31. The number of fused-ring (bicyclic) bond motifs is 1. The third-order valence-corrected chi connectivity index (χ3v) is 4.12. The van der Waals surface area contributed by atoms with E-state index in [1.165, 1.54) is 29.9 Å². The lowest BCUT2D eigenvalue weighted by Crippen LogP contribution is -2.26. The number of aliphatic hydroxyl groups excluding tert-OH is 1. The molecule has 2 aromatic carbocycles. The molecule has 0 saturated heterocycles. The molecule has 2 N–H and O–H groups in total. The van der Waals surface area contributed by atoms with Gasteiger partial charge in [0.2, 0.25) is 0 Å². The molecule has 3 rings (SSSR count). The van der Waals surface area contributed by atoms with Crippen LogP contribution in [0.3, 0.4) is 0 Å². The third-order valence-electron chi connectivity index (χ3n) is 4.12. The average Bonchev–Trinajstić information content (AvgIpc) is 2.76. The van der Waals surface area contributed by atoms with Gasteiger partial charge in [-0.2, -0.15) is 0 Å². The maximum absolute atomic E-state index is 14.6. The number of rotatable bonds is 6. The van der Waals surface area contributed by atoms with E-state index in [0.717, 1.165) is 12.1 Å². The number of hydrogen-bond donors (Lipinski definition) is 2. The Morgan fingerprint density at radius 1 is 1.15 bits per heavy atom. The minimum absolute atomic E-state index is 0.0154. The van der Waals surface area contributed by atoms with E-state index < -0.39 is 23.8 Å². The van der Waals surface area contributed by atoms with Crippen LogP contribution in [0, 0.1) is 5.82 Å². The Kier molecular flexibility index (Phi) is 9.65. The smallest absolute Gasteiger partial charge is 0.497 e. The van der Waals surface area contributed by atoms with Gasteiger partial charge in [-0.1, -0.05) is 29.5 Å². The van der Waals surface area contributed by atoms with Gasteiger partial charge in [-0.3, -0.25) is 9.78 Å². The molecule has 0 atom stereocenters. The molecular weight excluding hydrogens is 559 g/mol. The van der Waals surface area contributed by atoms with Crippen LogP contribution in [0.5, 0.6) is 11.5 Å². The van der Waals surface area contributed by atoms with Crippen molar-refractivity contribution in [1.82, 2.24) is 10.3 Å². The summed E-state index contributed by atoms with van der Waals surface area (Å²) in [6, 6.07) is 7.37. The molecule has 0 saturated carbocycles. The maximum atomic E-state index is 14.6. The normalized spacial score (nSPS) is 10.9. The number of carbonyl (C=O) groups is 1. The Morgan fingerprint density at radius 2 is 1.85 bits per heavy atom. The summed E-state index contributed by atoms with van der Waals surface area (Å²) in [5.41, 5.74) is 0.781. The summed E-state index contributed by atoms with van der Waals surface area (Å²) in [5.74, 6) is -1.76. The van der Waals surface area contributed by atoms with Crippen molar-refractivity contribution in [3.63, 3.8) is 0 Å². The van der Waals surface area contributed by atoms with Gasteiger partial charge in [-0.15, -0.1) is 13.2 Å². The molecule has 0 spiro atoms. The first-order valence-electron chi connectivity index (χ1n) is 9.62. The summed E-state index contributed by atoms with van der Waals surface area (Å²) >= 11 is 2.29. The van der Waals surface area contributed by atoms with Gasteiger partial charge in [0.05, 0.1) is 24.8 Å². The minimum Gasteiger partial charge on any atom is -0.497 e. The van der Waals surface area contributed by atoms with Crippen LogP contribution in [0.2, 0.25) is 0 Å². The number of carbonyl (C=O) groups excluding carboxylic acids is 1. The van der Waals surface area contributed by atoms with Crippen molar-refractivity contribution in [2.24, 2.45) is 0 Å². The topological polar surface area (TPSA) is 80.7 Å². The lowest BCUT2D eigenvalue weighted by Gasteiger charge is -2.13. The van der Waals surface area contributed by atoms with E-state index in [9.17, 15) is 22.4 Å². The Balaban J connectivity index is 0.00000122. The quantitative estimate of drug-likeness (QED) is 0.241. The van der Waals surface area contributed by atoms with Gasteiger partial charge in [0.15, 0.2) is 0 Å². The lowest BCUT2D eigenvalue weighted by molar-refractivity contribution is -0.274. The van der Waals surface area contributed by atoms with E-state index in [-0.39, 0.29) is 29.8 Å². The molecular formula is C22H21F4IN2O4. The zero-order valence-electron chi connectivity index (χ0n) is 17.7. The van der Waals surface area contributed by atoms with Gasteiger partial charge in [0, 0.05) is 35.3 Å². The fourth-order valence-electron chi connectivity index (χ4n) is 2.85. The molecule has 0 bridgehead atoms. The van der Waals surface area contributed by atoms with Gasteiger partial charge in [0.25, 0.3) is 5.91 Å². The SMILES string of the molecule is CCI.COc1cc(-c2ccc(OC(F)(F)F)cc2F)c2ncc(C(=O)NCCO)cc2c1. The molecule has 1 amide bonds. The molecule has 1 aromatic heterocycles. The summed E-state index contributed by atoms with van der Waals surface area (Å²) < 4.78 is 61.9. The first-order chi connectivity index (χ1) is 15.6. The van der Waals surface area contributed by atoms with Crippen LogP contribution in [0.15, 0.2) is 42.6 Å². The Labute approximate surface area is 201 Å². The predicted octanol–water partition coefficient (Wildman–Crippen LogP) is 5.11. The number of pyridine rings is 1. The number of amides is 1. The second-order valence-electron chi connectivity index (χ2n) is 6.41. The van der Waals surface area contributed by atoms with Gasteiger partial charge in [-0.25, -0.2) is 4.39 Å². The largest absolute Gasteiger partial charge is 0.573 e. The highest BCUT2D eigenvalue weighted by atomic mass is 127. The number of methoxy groups -OCH3 is 1. The second-order valence-corrected chi connectivity index (χ2v) is 7.93. The minimum atomic E-state index is -4.94. The Bertz CT molecular complexity index is 1110. The lowest BCUT2D eigenvalue weighted by atomic mass is 10.00. The van der Waals surface area contributed by atoms with Gasteiger partial charge in [-0.05, 0) is 34.8 Å². The Hall–Kier alpha value is -2.67. The van der Waals surface area contributed by atoms with Gasteiger partial charge < -0.3 is 19.9 Å². The first-order valence-corrected chi connectivity index (χ1v) is 11.1. The zero-order chi connectivity index (χ0) is 24.6. The molecule has 0 aliphatic carbocycles. The number of nitrogens with zero attached hydrogens (tertiary/aromatic N) is 1. The number of benzene rings is 2. The summed E-state index contributed by atoms with van der Waals surface area (Å²) in [7, 11) is 1.40.